The van der Waals surface area contributed by atoms with Gasteiger partial charge in [0.25, 0.3) is 0 Å². The second-order valence-electron chi connectivity index (χ2n) is 6.61. The van der Waals surface area contributed by atoms with Crippen molar-refractivity contribution < 1.29 is 26.8 Å². The van der Waals surface area contributed by atoms with Gasteiger partial charge in [-0.15, -0.1) is 10.2 Å². The van der Waals surface area contributed by atoms with Gasteiger partial charge in [0.1, 0.15) is 5.75 Å². The zero-order chi connectivity index (χ0) is 21.0. The molecule has 0 unspecified atom stereocenters. The van der Waals surface area contributed by atoms with Crippen LogP contribution in [-0.2, 0) is 19.0 Å². The molecule has 2 aromatic heterocycles. The quantitative estimate of drug-likeness (QED) is 0.497. The highest BCUT2D eigenvalue weighted by molar-refractivity contribution is 5.61. The third-order valence-electron chi connectivity index (χ3n) is 4.23. The monoisotopic (exact) mass is 410 g/mol. The summed E-state index contributed by atoms with van der Waals surface area (Å²) < 4.78 is 53.5. The number of halogens is 3. The topological polar surface area (TPSA) is 87.1 Å². The van der Waals surface area contributed by atoms with Gasteiger partial charge in [0.05, 0.1) is 6.61 Å². The molecule has 0 N–H and O–H groups in total. The SMILES string of the molecule is CCc1nnc(CCCCOc2c(C)cc(-c3noc(C(F)(F)F)n3)cc2C)o1. The molecule has 3 rings (SSSR count). The fourth-order valence-electron chi connectivity index (χ4n) is 2.85. The van der Waals surface area contributed by atoms with Gasteiger partial charge < -0.3 is 13.7 Å². The minimum atomic E-state index is -4.67. The molecule has 1 aromatic carbocycles. The Labute approximate surface area is 165 Å². The van der Waals surface area contributed by atoms with Crippen LogP contribution >= 0.6 is 0 Å². The first-order valence-electron chi connectivity index (χ1n) is 9.24. The van der Waals surface area contributed by atoms with Crippen LogP contribution in [0, 0.1) is 13.8 Å². The van der Waals surface area contributed by atoms with Crippen LogP contribution in [0.2, 0.25) is 0 Å². The molecule has 0 bridgehead atoms. The van der Waals surface area contributed by atoms with Crippen molar-refractivity contribution in [1.29, 1.82) is 0 Å². The number of hydrogen-bond donors (Lipinski definition) is 0. The third kappa shape index (κ3) is 5.12. The summed E-state index contributed by atoms with van der Waals surface area (Å²) in [4.78, 5) is 3.42. The van der Waals surface area contributed by atoms with Crippen LogP contribution in [0.3, 0.4) is 0 Å². The lowest BCUT2D eigenvalue weighted by Crippen LogP contribution is -2.05. The molecule has 10 heteroatoms. The molecule has 0 amide bonds. The van der Waals surface area contributed by atoms with E-state index in [1.165, 1.54) is 0 Å². The van der Waals surface area contributed by atoms with Crippen molar-refractivity contribution in [2.45, 2.75) is 52.6 Å². The Morgan fingerprint density at radius 1 is 1.03 bits per heavy atom. The third-order valence-corrected chi connectivity index (χ3v) is 4.23. The number of benzene rings is 1. The molecule has 2 heterocycles. The fourth-order valence-corrected chi connectivity index (χ4v) is 2.85. The molecule has 3 aromatic rings. The van der Waals surface area contributed by atoms with E-state index in [1.807, 2.05) is 20.8 Å². The summed E-state index contributed by atoms with van der Waals surface area (Å²) >= 11 is 0. The molecule has 0 saturated carbocycles. The van der Waals surface area contributed by atoms with Crippen molar-refractivity contribution in [2.24, 2.45) is 0 Å². The van der Waals surface area contributed by atoms with E-state index in [1.54, 1.807) is 12.1 Å². The Morgan fingerprint density at radius 2 is 1.72 bits per heavy atom. The minimum absolute atomic E-state index is 0.110. The molecule has 0 aliphatic carbocycles. The number of hydrogen-bond acceptors (Lipinski definition) is 7. The van der Waals surface area contributed by atoms with Crippen molar-refractivity contribution in [3.05, 3.63) is 40.9 Å². The van der Waals surface area contributed by atoms with Gasteiger partial charge in [-0.25, -0.2) is 0 Å². The van der Waals surface area contributed by atoms with Gasteiger partial charge in [-0.3, -0.25) is 0 Å². The number of ether oxygens (including phenoxy) is 1. The average molecular weight is 410 g/mol. The summed E-state index contributed by atoms with van der Waals surface area (Å²) in [7, 11) is 0. The first-order valence-corrected chi connectivity index (χ1v) is 9.24. The first kappa shape index (κ1) is 20.8. The van der Waals surface area contributed by atoms with Gasteiger partial charge in [-0.05, 0) is 49.9 Å². The van der Waals surface area contributed by atoms with Gasteiger partial charge in [0.15, 0.2) is 0 Å². The predicted molar refractivity (Wildman–Crippen MR) is 96.3 cm³/mol. The highest BCUT2D eigenvalue weighted by Gasteiger charge is 2.38. The summed E-state index contributed by atoms with van der Waals surface area (Å²) in [6, 6.07) is 3.36. The average Bonchev–Trinajstić information content (AvgIpc) is 3.32. The van der Waals surface area contributed by atoms with Crippen molar-refractivity contribution in [1.82, 2.24) is 20.3 Å². The van der Waals surface area contributed by atoms with E-state index < -0.39 is 12.1 Å². The highest BCUT2D eigenvalue weighted by Crippen LogP contribution is 2.32. The Kier molecular flexibility index (Phi) is 6.19. The summed E-state index contributed by atoms with van der Waals surface area (Å²) in [6.45, 7) is 6.09. The van der Waals surface area contributed by atoms with Crippen LogP contribution in [0.1, 0.15) is 48.6 Å². The number of aromatic nitrogens is 4. The van der Waals surface area contributed by atoms with Crippen LogP contribution in [-0.4, -0.2) is 26.9 Å². The number of nitrogens with zero attached hydrogens (tertiary/aromatic N) is 4. The highest BCUT2D eigenvalue weighted by atomic mass is 19.4. The lowest BCUT2D eigenvalue weighted by molar-refractivity contribution is -0.159. The Bertz CT molecular complexity index is 943. The molecule has 0 saturated heterocycles. The zero-order valence-corrected chi connectivity index (χ0v) is 16.3. The number of unbranched alkanes of at least 4 members (excludes halogenated alkanes) is 1. The number of alkyl halides is 3. The first-order chi connectivity index (χ1) is 13.8. The molecular formula is C19H21F3N4O3. The summed E-state index contributed by atoms with van der Waals surface area (Å²) in [5, 5.41) is 11.3. The summed E-state index contributed by atoms with van der Waals surface area (Å²) in [5.41, 5.74) is 2.00. The molecule has 0 atom stereocenters. The number of rotatable bonds is 8. The maximum absolute atomic E-state index is 12.6. The summed E-state index contributed by atoms with van der Waals surface area (Å²) in [5.74, 6) is 0.472. The van der Waals surface area contributed by atoms with Gasteiger partial charge >= 0.3 is 12.1 Å². The maximum Gasteiger partial charge on any atom is 0.471 e. The van der Waals surface area contributed by atoms with E-state index in [4.69, 9.17) is 9.15 Å². The van der Waals surface area contributed by atoms with E-state index in [0.29, 0.717) is 42.5 Å². The molecule has 0 radical (unpaired) electrons. The van der Waals surface area contributed by atoms with Crippen LogP contribution < -0.4 is 4.74 Å². The van der Waals surface area contributed by atoms with E-state index in [0.717, 1.165) is 24.0 Å². The molecule has 7 nitrogen and oxygen atoms in total. The fraction of sp³-hybridized carbons (Fsp3) is 0.474. The Morgan fingerprint density at radius 3 is 2.31 bits per heavy atom. The Hall–Kier alpha value is -2.91. The second kappa shape index (κ2) is 8.62. The van der Waals surface area contributed by atoms with Crippen LogP contribution in [0.4, 0.5) is 13.2 Å². The van der Waals surface area contributed by atoms with Crippen molar-refractivity contribution in [3.63, 3.8) is 0 Å². The molecule has 0 aliphatic rings. The zero-order valence-electron chi connectivity index (χ0n) is 16.3. The van der Waals surface area contributed by atoms with Gasteiger partial charge in [-0.2, -0.15) is 18.2 Å². The van der Waals surface area contributed by atoms with E-state index >= 15 is 0 Å². The molecule has 29 heavy (non-hydrogen) atoms. The summed E-state index contributed by atoms with van der Waals surface area (Å²) in [6.07, 6.45) is -1.63. The maximum atomic E-state index is 12.6. The van der Waals surface area contributed by atoms with Gasteiger partial charge in [0, 0.05) is 18.4 Å². The van der Waals surface area contributed by atoms with E-state index in [-0.39, 0.29) is 5.82 Å². The van der Waals surface area contributed by atoms with Gasteiger partial charge in [-0.1, -0.05) is 12.1 Å². The standard InChI is InChI=1S/C19H21F3N4O3/c1-4-14-24-25-15(28-14)7-5-6-8-27-16-11(2)9-13(10-12(16)3)17-23-18(29-26-17)19(20,21)22/h9-10H,4-8H2,1-3H3. The van der Waals surface area contributed by atoms with Crippen molar-refractivity contribution in [3.8, 4) is 17.1 Å². The normalized spacial score (nSPS) is 11.8. The number of aryl methyl sites for hydroxylation is 4. The lowest BCUT2D eigenvalue weighted by Gasteiger charge is -2.13. The van der Waals surface area contributed by atoms with Crippen molar-refractivity contribution >= 4 is 0 Å². The van der Waals surface area contributed by atoms with Crippen LogP contribution in [0.15, 0.2) is 21.1 Å². The predicted octanol–water partition coefficient (Wildman–Crippen LogP) is 4.72. The second-order valence-corrected chi connectivity index (χ2v) is 6.61. The van der Waals surface area contributed by atoms with Gasteiger partial charge in [0.2, 0.25) is 17.6 Å². The molecule has 0 spiro atoms. The van der Waals surface area contributed by atoms with Crippen LogP contribution in [0.5, 0.6) is 5.75 Å². The van der Waals surface area contributed by atoms with Crippen molar-refractivity contribution in [2.75, 3.05) is 6.61 Å². The largest absolute Gasteiger partial charge is 0.493 e. The van der Waals surface area contributed by atoms with E-state index in [2.05, 4.69) is 24.9 Å². The van der Waals surface area contributed by atoms with Crippen LogP contribution in [0.25, 0.3) is 11.4 Å². The molecule has 0 aliphatic heterocycles. The molecular weight excluding hydrogens is 389 g/mol. The molecule has 156 valence electrons. The minimum Gasteiger partial charge on any atom is -0.493 e. The lowest BCUT2D eigenvalue weighted by atomic mass is 10.1. The Balaban J connectivity index is 1.57. The van der Waals surface area contributed by atoms with E-state index in [9.17, 15) is 13.2 Å². The smallest absolute Gasteiger partial charge is 0.471 e. The molecule has 0 fully saturated rings.